The predicted molar refractivity (Wildman–Crippen MR) is 81.3 cm³/mol. The van der Waals surface area contributed by atoms with Crippen LogP contribution >= 0.6 is 0 Å². The smallest absolute Gasteiger partial charge is 0.254 e. The van der Waals surface area contributed by atoms with Gasteiger partial charge in [-0.3, -0.25) is 4.79 Å². The first kappa shape index (κ1) is 12.9. The van der Waals surface area contributed by atoms with E-state index in [1.807, 2.05) is 30.5 Å². The van der Waals surface area contributed by atoms with Crippen molar-refractivity contribution in [3.63, 3.8) is 0 Å². The minimum absolute atomic E-state index is 0.181. The number of H-pyrrole nitrogens is 1. The average molecular weight is 284 g/mol. The minimum atomic E-state index is 0.181. The van der Waals surface area contributed by atoms with Gasteiger partial charge in [0.1, 0.15) is 0 Å². The van der Waals surface area contributed by atoms with Crippen LogP contribution in [0.2, 0.25) is 0 Å². The molecule has 21 heavy (non-hydrogen) atoms. The van der Waals surface area contributed by atoms with Crippen molar-refractivity contribution < 1.29 is 9.53 Å². The number of amides is 1. The quantitative estimate of drug-likeness (QED) is 0.921. The van der Waals surface area contributed by atoms with Gasteiger partial charge < -0.3 is 14.6 Å². The summed E-state index contributed by atoms with van der Waals surface area (Å²) < 4.78 is 5.51. The Labute approximate surface area is 124 Å². The van der Waals surface area contributed by atoms with Crippen molar-refractivity contribution >= 4 is 16.8 Å². The van der Waals surface area contributed by atoms with Gasteiger partial charge in [-0.1, -0.05) is 0 Å². The summed E-state index contributed by atoms with van der Waals surface area (Å²) in [5.74, 6) is 0.181. The van der Waals surface area contributed by atoms with Crippen molar-refractivity contribution in [1.82, 2.24) is 9.88 Å². The van der Waals surface area contributed by atoms with E-state index in [-0.39, 0.29) is 5.91 Å². The molecule has 0 radical (unpaired) electrons. The van der Waals surface area contributed by atoms with E-state index in [1.165, 1.54) is 0 Å². The highest BCUT2D eigenvalue weighted by molar-refractivity contribution is 5.98. The van der Waals surface area contributed by atoms with E-state index in [0.717, 1.165) is 42.1 Å². The Morgan fingerprint density at radius 1 is 1.24 bits per heavy atom. The fourth-order valence-corrected chi connectivity index (χ4v) is 3.99. The molecule has 4 nitrogen and oxygen atoms in total. The molecule has 2 bridgehead atoms. The molecule has 2 unspecified atom stereocenters. The maximum atomic E-state index is 12.9. The van der Waals surface area contributed by atoms with Crippen LogP contribution < -0.4 is 0 Å². The van der Waals surface area contributed by atoms with Gasteiger partial charge in [0.25, 0.3) is 5.91 Å². The summed E-state index contributed by atoms with van der Waals surface area (Å²) >= 11 is 0. The Morgan fingerprint density at radius 2 is 2.00 bits per heavy atom. The fourth-order valence-electron chi connectivity index (χ4n) is 3.99. The second-order valence-electron chi connectivity index (χ2n) is 6.21. The number of ether oxygens (including phenoxy) is 1. The number of methoxy groups -OCH3 is 1. The maximum absolute atomic E-state index is 12.9. The molecule has 110 valence electrons. The highest BCUT2D eigenvalue weighted by atomic mass is 16.5. The third-order valence-corrected chi connectivity index (χ3v) is 5.06. The molecule has 2 aromatic rings. The van der Waals surface area contributed by atoms with Crippen molar-refractivity contribution in [3.8, 4) is 0 Å². The summed E-state index contributed by atoms with van der Waals surface area (Å²) in [6.45, 7) is 0. The number of benzene rings is 1. The number of piperidine rings is 1. The summed E-state index contributed by atoms with van der Waals surface area (Å²) in [6.07, 6.45) is 6.41. The zero-order chi connectivity index (χ0) is 14.4. The summed E-state index contributed by atoms with van der Waals surface area (Å²) in [6, 6.07) is 8.63. The van der Waals surface area contributed by atoms with Gasteiger partial charge >= 0.3 is 0 Å². The van der Waals surface area contributed by atoms with Gasteiger partial charge in [-0.05, 0) is 49.9 Å². The predicted octanol–water partition coefficient (Wildman–Crippen LogP) is 2.95. The Kier molecular flexibility index (Phi) is 3.00. The first-order valence-electron chi connectivity index (χ1n) is 7.69. The van der Waals surface area contributed by atoms with Crippen molar-refractivity contribution in [1.29, 1.82) is 0 Å². The summed E-state index contributed by atoms with van der Waals surface area (Å²) in [4.78, 5) is 18.2. The Bertz CT molecular complexity index is 664. The molecular formula is C17H20N2O2. The SMILES string of the molecule is COC1CC2CCC(C1)N2C(=O)c1ccc2[nH]ccc2c1. The molecule has 0 saturated carbocycles. The van der Waals surface area contributed by atoms with Crippen LogP contribution in [0.1, 0.15) is 36.0 Å². The van der Waals surface area contributed by atoms with E-state index in [1.54, 1.807) is 7.11 Å². The molecule has 0 spiro atoms. The molecule has 1 aromatic carbocycles. The van der Waals surface area contributed by atoms with Crippen LogP contribution in [0.15, 0.2) is 30.5 Å². The lowest BCUT2D eigenvalue weighted by molar-refractivity contribution is 0.00823. The van der Waals surface area contributed by atoms with E-state index in [2.05, 4.69) is 9.88 Å². The highest BCUT2D eigenvalue weighted by Crippen LogP contribution is 2.37. The van der Waals surface area contributed by atoms with Gasteiger partial charge in [-0.15, -0.1) is 0 Å². The molecule has 0 aliphatic carbocycles. The van der Waals surface area contributed by atoms with Gasteiger partial charge in [0.05, 0.1) is 6.10 Å². The molecule has 4 rings (SSSR count). The molecular weight excluding hydrogens is 264 g/mol. The molecule has 2 atom stereocenters. The van der Waals surface area contributed by atoms with Crippen molar-refractivity contribution in [2.24, 2.45) is 0 Å². The number of hydrogen-bond donors (Lipinski definition) is 1. The lowest BCUT2D eigenvalue weighted by Crippen LogP contribution is -2.48. The zero-order valence-corrected chi connectivity index (χ0v) is 12.2. The number of hydrogen-bond acceptors (Lipinski definition) is 2. The number of aromatic amines is 1. The number of rotatable bonds is 2. The summed E-state index contributed by atoms with van der Waals surface area (Å²) in [5, 5.41) is 1.10. The van der Waals surface area contributed by atoms with Gasteiger partial charge in [-0.25, -0.2) is 0 Å². The number of fused-ring (bicyclic) bond motifs is 3. The lowest BCUT2D eigenvalue weighted by Gasteiger charge is -2.38. The second-order valence-corrected chi connectivity index (χ2v) is 6.21. The molecule has 4 heteroatoms. The lowest BCUT2D eigenvalue weighted by atomic mass is 9.98. The van der Waals surface area contributed by atoms with Crippen molar-refractivity contribution in [2.75, 3.05) is 7.11 Å². The number of nitrogens with zero attached hydrogens (tertiary/aromatic N) is 1. The van der Waals surface area contributed by atoms with Gasteiger partial charge in [0.15, 0.2) is 0 Å². The average Bonchev–Trinajstić information content (AvgIpc) is 3.08. The van der Waals surface area contributed by atoms with Crippen LogP contribution in [0.25, 0.3) is 10.9 Å². The fraction of sp³-hybridized carbons (Fsp3) is 0.471. The minimum Gasteiger partial charge on any atom is -0.381 e. The Morgan fingerprint density at radius 3 is 2.71 bits per heavy atom. The first-order valence-corrected chi connectivity index (χ1v) is 7.69. The van der Waals surface area contributed by atoms with Gasteiger partial charge in [-0.2, -0.15) is 0 Å². The molecule has 1 amide bonds. The van der Waals surface area contributed by atoms with Gasteiger partial charge in [0, 0.05) is 41.9 Å². The van der Waals surface area contributed by atoms with Crippen LogP contribution in [-0.4, -0.2) is 41.1 Å². The number of carbonyl (C=O) groups is 1. The van der Waals surface area contributed by atoms with Crippen molar-refractivity contribution in [3.05, 3.63) is 36.0 Å². The monoisotopic (exact) mass is 284 g/mol. The van der Waals surface area contributed by atoms with Crippen LogP contribution in [0.3, 0.4) is 0 Å². The van der Waals surface area contributed by atoms with E-state index in [9.17, 15) is 4.79 Å². The molecule has 2 aliphatic rings. The highest BCUT2D eigenvalue weighted by Gasteiger charge is 2.43. The molecule has 1 N–H and O–H groups in total. The van der Waals surface area contributed by atoms with Crippen LogP contribution in [0.5, 0.6) is 0 Å². The molecule has 2 saturated heterocycles. The Hall–Kier alpha value is -1.81. The Balaban J connectivity index is 1.62. The normalized spacial score (nSPS) is 28.2. The summed E-state index contributed by atoms with van der Waals surface area (Å²) in [7, 11) is 1.78. The van der Waals surface area contributed by atoms with Crippen LogP contribution in [-0.2, 0) is 4.74 Å². The summed E-state index contributed by atoms with van der Waals surface area (Å²) in [5.41, 5.74) is 1.88. The molecule has 2 fully saturated rings. The van der Waals surface area contributed by atoms with Crippen molar-refractivity contribution in [2.45, 2.75) is 43.9 Å². The second kappa shape index (κ2) is 4.88. The number of carbonyl (C=O) groups excluding carboxylic acids is 1. The number of aromatic nitrogens is 1. The van der Waals surface area contributed by atoms with E-state index >= 15 is 0 Å². The van der Waals surface area contributed by atoms with Crippen LogP contribution in [0.4, 0.5) is 0 Å². The zero-order valence-electron chi connectivity index (χ0n) is 12.2. The molecule has 3 heterocycles. The first-order chi connectivity index (χ1) is 10.3. The largest absolute Gasteiger partial charge is 0.381 e. The molecule has 2 aliphatic heterocycles. The molecule has 1 aromatic heterocycles. The van der Waals surface area contributed by atoms with E-state index < -0.39 is 0 Å². The third-order valence-electron chi connectivity index (χ3n) is 5.06. The maximum Gasteiger partial charge on any atom is 0.254 e. The van der Waals surface area contributed by atoms with E-state index in [4.69, 9.17) is 4.74 Å². The van der Waals surface area contributed by atoms with Gasteiger partial charge in [0.2, 0.25) is 0 Å². The number of nitrogens with one attached hydrogen (secondary N) is 1. The third kappa shape index (κ3) is 2.05. The topological polar surface area (TPSA) is 45.3 Å². The standard InChI is InChI=1S/C17H20N2O2/c1-21-15-9-13-3-4-14(10-15)19(13)17(20)12-2-5-16-11(8-12)6-7-18-16/h2,5-8,13-15,18H,3-4,9-10H2,1H3. The van der Waals surface area contributed by atoms with E-state index in [0.29, 0.717) is 18.2 Å². The van der Waals surface area contributed by atoms with Crippen LogP contribution in [0, 0.1) is 0 Å².